The molecular formula is C20H25ClN4O4S. The van der Waals surface area contributed by atoms with E-state index in [0.717, 1.165) is 12.0 Å². The van der Waals surface area contributed by atoms with E-state index in [1.165, 1.54) is 8.99 Å². The van der Waals surface area contributed by atoms with Crippen LogP contribution in [0.15, 0.2) is 35.2 Å². The number of aryl methyl sites for hydroxylation is 2. The molecule has 4 rings (SSSR count). The molecular weight excluding hydrogens is 428 g/mol. The summed E-state index contributed by atoms with van der Waals surface area (Å²) < 4.78 is 34.4. The molecule has 30 heavy (non-hydrogen) atoms. The number of piperidine rings is 1. The lowest BCUT2D eigenvalue weighted by atomic mass is 10.00. The molecule has 1 amide bonds. The molecule has 8 nitrogen and oxygen atoms in total. The van der Waals surface area contributed by atoms with Gasteiger partial charge in [-0.1, -0.05) is 41.9 Å². The summed E-state index contributed by atoms with van der Waals surface area (Å²) >= 11 is 6.19. The Morgan fingerprint density at radius 2 is 1.87 bits per heavy atom. The van der Waals surface area contributed by atoms with Gasteiger partial charge in [0.2, 0.25) is 10.0 Å². The quantitative estimate of drug-likeness (QED) is 0.696. The van der Waals surface area contributed by atoms with Crippen LogP contribution in [0.3, 0.4) is 0 Å². The number of rotatable bonds is 5. The molecule has 2 fully saturated rings. The number of amides is 1. The zero-order valence-corrected chi connectivity index (χ0v) is 18.6. The van der Waals surface area contributed by atoms with Gasteiger partial charge in [0.25, 0.3) is 0 Å². The van der Waals surface area contributed by atoms with Crippen molar-refractivity contribution in [2.24, 2.45) is 7.05 Å². The zero-order valence-electron chi connectivity index (χ0n) is 17.0. The van der Waals surface area contributed by atoms with Gasteiger partial charge in [-0.3, -0.25) is 9.58 Å². The number of ether oxygens (including phenoxy) is 1. The van der Waals surface area contributed by atoms with E-state index in [1.54, 1.807) is 18.9 Å². The van der Waals surface area contributed by atoms with Crippen LogP contribution in [-0.4, -0.2) is 65.3 Å². The van der Waals surface area contributed by atoms with Gasteiger partial charge in [-0.15, -0.1) is 0 Å². The summed E-state index contributed by atoms with van der Waals surface area (Å²) in [5.74, 6) is 0. The number of sulfonamides is 1. The van der Waals surface area contributed by atoms with E-state index < -0.39 is 10.0 Å². The summed E-state index contributed by atoms with van der Waals surface area (Å²) in [6.45, 7) is 2.63. The van der Waals surface area contributed by atoms with Crippen LogP contribution >= 0.6 is 11.6 Å². The Labute approximate surface area is 181 Å². The monoisotopic (exact) mass is 452 g/mol. The first-order valence-electron chi connectivity index (χ1n) is 9.97. The van der Waals surface area contributed by atoms with E-state index in [2.05, 4.69) is 5.10 Å². The van der Waals surface area contributed by atoms with Crippen molar-refractivity contribution in [3.8, 4) is 0 Å². The predicted octanol–water partition coefficient (Wildman–Crippen LogP) is 2.60. The molecule has 0 saturated carbocycles. The lowest BCUT2D eigenvalue weighted by Gasteiger charge is -2.37. The molecule has 3 heterocycles. The van der Waals surface area contributed by atoms with Gasteiger partial charge in [0.1, 0.15) is 16.7 Å². The third-order valence-electron chi connectivity index (χ3n) is 5.83. The van der Waals surface area contributed by atoms with Crippen LogP contribution in [0.1, 0.15) is 24.1 Å². The van der Waals surface area contributed by atoms with Gasteiger partial charge >= 0.3 is 6.09 Å². The van der Waals surface area contributed by atoms with Crippen LogP contribution in [0.4, 0.5) is 4.79 Å². The standard InChI is InChI=1S/C20H25ClN4O4S/c1-14-18(19(21)23(2)22-14)30(27,28)24-10-8-16(9-11-24)25-17(13-29-20(25)26)12-15-6-4-3-5-7-15/h3-7,16-17H,8-13H2,1-2H3. The van der Waals surface area contributed by atoms with Gasteiger partial charge in [0.15, 0.2) is 0 Å². The number of aromatic nitrogens is 2. The van der Waals surface area contributed by atoms with Crippen molar-refractivity contribution in [3.63, 3.8) is 0 Å². The molecule has 0 radical (unpaired) electrons. The van der Waals surface area contributed by atoms with Crippen LogP contribution in [-0.2, 0) is 28.2 Å². The van der Waals surface area contributed by atoms with Crippen molar-refractivity contribution in [2.75, 3.05) is 19.7 Å². The van der Waals surface area contributed by atoms with Gasteiger partial charge in [-0.05, 0) is 31.7 Å². The summed E-state index contributed by atoms with van der Waals surface area (Å²) in [4.78, 5) is 14.3. The molecule has 2 aliphatic heterocycles. The smallest absolute Gasteiger partial charge is 0.410 e. The minimum absolute atomic E-state index is 0.0388. The van der Waals surface area contributed by atoms with Crippen LogP contribution < -0.4 is 0 Å². The minimum Gasteiger partial charge on any atom is -0.447 e. The number of nitrogens with zero attached hydrogens (tertiary/aromatic N) is 4. The largest absolute Gasteiger partial charge is 0.447 e. The number of carbonyl (C=O) groups excluding carboxylic acids is 1. The number of cyclic esters (lactones) is 1. The molecule has 0 spiro atoms. The Bertz CT molecular complexity index is 1030. The summed E-state index contributed by atoms with van der Waals surface area (Å²) in [6.07, 6.45) is 1.51. The highest BCUT2D eigenvalue weighted by Crippen LogP contribution is 2.31. The Hall–Kier alpha value is -2.10. The first-order valence-corrected chi connectivity index (χ1v) is 11.8. The second kappa shape index (κ2) is 8.20. The Balaban J connectivity index is 1.46. The Morgan fingerprint density at radius 1 is 1.20 bits per heavy atom. The van der Waals surface area contributed by atoms with E-state index in [9.17, 15) is 13.2 Å². The number of hydrogen-bond acceptors (Lipinski definition) is 5. The third kappa shape index (κ3) is 3.81. The SMILES string of the molecule is Cc1nn(C)c(Cl)c1S(=O)(=O)N1CCC(N2C(=O)OCC2Cc2ccccc2)CC1. The summed E-state index contributed by atoms with van der Waals surface area (Å²) in [5, 5.41) is 4.23. The Morgan fingerprint density at radius 3 is 2.47 bits per heavy atom. The molecule has 10 heteroatoms. The summed E-state index contributed by atoms with van der Waals surface area (Å²) in [5.41, 5.74) is 1.53. The first-order chi connectivity index (χ1) is 14.3. The fraction of sp³-hybridized carbons (Fsp3) is 0.500. The molecule has 1 unspecified atom stereocenters. The van der Waals surface area contributed by atoms with Crippen molar-refractivity contribution in [2.45, 2.75) is 43.2 Å². The highest BCUT2D eigenvalue weighted by Gasteiger charge is 2.41. The average molecular weight is 453 g/mol. The van der Waals surface area contributed by atoms with E-state index in [0.29, 0.717) is 38.2 Å². The number of halogens is 1. The van der Waals surface area contributed by atoms with Crippen LogP contribution in [0.2, 0.25) is 5.15 Å². The van der Waals surface area contributed by atoms with Gasteiger partial charge in [-0.25, -0.2) is 13.2 Å². The molecule has 1 atom stereocenters. The maximum atomic E-state index is 13.1. The maximum absolute atomic E-state index is 13.1. The van der Waals surface area contributed by atoms with E-state index >= 15 is 0 Å². The van der Waals surface area contributed by atoms with E-state index in [1.807, 2.05) is 30.3 Å². The van der Waals surface area contributed by atoms with Crippen molar-refractivity contribution in [1.29, 1.82) is 0 Å². The number of benzene rings is 1. The number of carbonyl (C=O) groups is 1. The summed E-state index contributed by atoms with van der Waals surface area (Å²) in [6, 6.07) is 9.91. The second-order valence-corrected chi connectivity index (χ2v) is 10.0. The second-order valence-electron chi connectivity index (χ2n) is 7.79. The van der Waals surface area contributed by atoms with Crippen molar-refractivity contribution < 1.29 is 17.9 Å². The van der Waals surface area contributed by atoms with Crippen LogP contribution in [0, 0.1) is 6.92 Å². The van der Waals surface area contributed by atoms with Gasteiger partial charge in [-0.2, -0.15) is 9.40 Å². The van der Waals surface area contributed by atoms with Gasteiger partial charge in [0, 0.05) is 26.2 Å². The molecule has 162 valence electrons. The van der Waals surface area contributed by atoms with E-state index in [-0.39, 0.29) is 28.2 Å². The molecule has 2 aromatic rings. The molecule has 0 aliphatic carbocycles. The van der Waals surface area contributed by atoms with Crippen LogP contribution in [0.25, 0.3) is 0 Å². The minimum atomic E-state index is -3.74. The van der Waals surface area contributed by atoms with Crippen molar-refractivity contribution in [3.05, 3.63) is 46.7 Å². The maximum Gasteiger partial charge on any atom is 0.410 e. The Kier molecular flexibility index (Phi) is 5.78. The van der Waals surface area contributed by atoms with Crippen molar-refractivity contribution in [1.82, 2.24) is 19.0 Å². The lowest BCUT2D eigenvalue weighted by molar-refractivity contribution is 0.125. The molecule has 0 bridgehead atoms. The highest BCUT2D eigenvalue weighted by molar-refractivity contribution is 7.89. The first kappa shape index (κ1) is 21.1. The average Bonchev–Trinajstić information content (AvgIpc) is 3.21. The highest BCUT2D eigenvalue weighted by atomic mass is 35.5. The molecule has 1 aromatic carbocycles. The topological polar surface area (TPSA) is 84.7 Å². The number of hydrogen-bond donors (Lipinski definition) is 0. The lowest BCUT2D eigenvalue weighted by Crippen LogP contribution is -2.50. The molecule has 2 aliphatic rings. The normalized spacial score (nSPS) is 21.2. The fourth-order valence-corrected chi connectivity index (χ4v) is 6.53. The fourth-order valence-electron chi connectivity index (χ4n) is 4.36. The summed E-state index contributed by atoms with van der Waals surface area (Å²) in [7, 11) is -2.12. The van der Waals surface area contributed by atoms with E-state index in [4.69, 9.17) is 16.3 Å². The third-order valence-corrected chi connectivity index (χ3v) is 8.43. The van der Waals surface area contributed by atoms with Crippen molar-refractivity contribution >= 4 is 27.7 Å². The van der Waals surface area contributed by atoms with Crippen LogP contribution in [0.5, 0.6) is 0 Å². The molecule has 2 saturated heterocycles. The zero-order chi connectivity index (χ0) is 21.5. The van der Waals surface area contributed by atoms with Gasteiger partial charge in [0.05, 0.1) is 11.7 Å². The molecule has 1 aromatic heterocycles. The molecule has 0 N–H and O–H groups in total. The predicted molar refractivity (Wildman–Crippen MR) is 112 cm³/mol. The van der Waals surface area contributed by atoms with Gasteiger partial charge < -0.3 is 4.74 Å².